The maximum Gasteiger partial charge on any atom is 0.0798 e. The Bertz CT molecular complexity index is 355. The summed E-state index contributed by atoms with van der Waals surface area (Å²) in [6.07, 6.45) is 2.53. The fourth-order valence-corrected chi connectivity index (χ4v) is 3.19. The molecule has 1 aromatic rings. The lowest BCUT2D eigenvalue weighted by atomic mass is 9.99. The topological polar surface area (TPSA) is 51.4 Å². The van der Waals surface area contributed by atoms with Crippen LogP contribution in [0.2, 0.25) is 0 Å². The molecule has 2 N–H and O–H groups in total. The van der Waals surface area contributed by atoms with Gasteiger partial charge in [-0.3, -0.25) is 4.90 Å². The van der Waals surface area contributed by atoms with Crippen molar-refractivity contribution in [3.05, 3.63) is 16.1 Å². The molecule has 0 amide bonds. The van der Waals surface area contributed by atoms with Crippen molar-refractivity contribution in [3.8, 4) is 0 Å². The van der Waals surface area contributed by atoms with Gasteiger partial charge in [0.25, 0.3) is 0 Å². The van der Waals surface area contributed by atoms with E-state index in [0.717, 1.165) is 31.6 Å². The SMILES string of the molecule is COC1CCN(Cc2scnc2C)C(CN)C1. The van der Waals surface area contributed by atoms with Crippen LogP contribution in [0.15, 0.2) is 5.51 Å². The van der Waals surface area contributed by atoms with Gasteiger partial charge in [0.1, 0.15) is 0 Å². The van der Waals surface area contributed by atoms with Crippen LogP contribution in [-0.2, 0) is 11.3 Å². The number of ether oxygens (including phenoxy) is 1. The Morgan fingerprint density at radius 1 is 1.65 bits per heavy atom. The molecule has 0 aliphatic carbocycles. The molecule has 1 fully saturated rings. The van der Waals surface area contributed by atoms with Crippen molar-refractivity contribution < 1.29 is 4.74 Å². The highest BCUT2D eigenvalue weighted by atomic mass is 32.1. The number of aryl methyl sites for hydroxylation is 1. The van der Waals surface area contributed by atoms with E-state index in [2.05, 4.69) is 16.8 Å². The molecule has 0 bridgehead atoms. The molecule has 5 heteroatoms. The molecule has 2 rings (SSSR count). The number of thiazole rings is 1. The van der Waals surface area contributed by atoms with E-state index in [4.69, 9.17) is 10.5 Å². The number of likely N-dealkylation sites (tertiary alicyclic amines) is 1. The van der Waals surface area contributed by atoms with Crippen LogP contribution in [0.1, 0.15) is 23.4 Å². The van der Waals surface area contributed by atoms with Gasteiger partial charge in [-0.25, -0.2) is 4.98 Å². The van der Waals surface area contributed by atoms with E-state index in [-0.39, 0.29) is 0 Å². The second kappa shape index (κ2) is 5.91. The zero-order chi connectivity index (χ0) is 12.3. The number of nitrogens with two attached hydrogens (primary N) is 1. The molecule has 2 heterocycles. The number of nitrogens with zero attached hydrogens (tertiary/aromatic N) is 2. The average molecular weight is 255 g/mol. The standard InChI is InChI=1S/C12H21N3OS/c1-9-12(17-8-14-9)7-15-4-3-11(16-2)5-10(15)6-13/h8,10-11H,3-7,13H2,1-2H3. The summed E-state index contributed by atoms with van der Waals surface area (Å²) >= 11 is 1.74. The van der Waals surface area contributed by atoms with E-state index < -0.39 is 0 Å². The van der Waals surface area contributed by atoms with Gasteiger partial charge in [-0.2, -0.15) is 0 Å². The number of rotatable bonds is 4. The fourth-order valence-electron chi connectivity index (χ4n) is 2.39. The van der Waals surface area contributed by atoms with Gasteiger partial charge in [0.2, 0.25) is 0 Å². The van der Waals surface area contributed by atoms with Gasteiger partial charge in [-0.05, 0) is 19.8 Å². The summed E-state index contributed by atoms with van der Waals surface area (Å²) in [7, 11) is 1.79. The van der Waals surface area contributed by atoms with Gasteiger partial charge in [0, 0.05) is 37.7 Å². The van der Waals surface area contributed by atoms with Crippen LogP contribution >= 0.6 is 11.3 Å². The number of aromatic nitrogens is 1. The maximum atomic E-state index is 5.87. The van der Waals surface area contributed by atoms with Gasteiger partial charge < -0.3 is 10.5 Å². The third-order valence-corrected chi connectivity index (χ3v) is 4.51. The molecule has 1 aromatic heterocycles. The van der Waals surface area contributed by atoms with Crippen molar-refractivity contribution in [3.63, 3.8) is 0 Å². The highest BCUT2D eigenvalue weighted by Gasteiger charge is 2.27. The van der Waals surface area contributed by atoms with Crippen LogP contribution in [0.25, 0.3) is 0 Å². The Labute approximate surface area is 107 Å². The van der Waals surface area contributed by atoms with E-state index in [1.165, 1.54) is 4.88 Å². The lowest BCUT2D eigenvalue weighted by Gasteiger charge is -2.38. The first kappa shape index (κ1) is 13.0. The Hall–Kier alpha value is -0.490. The second-order valence-corrected chi connectivity index (χ2v) is 5.54. The number of methoxy groups -OCH3 is 1. The summed E-state index contributed by atoms with van der Waals surface area (Å²) in [4.78, 5) is 8.13. The molecular weight excluding hydrogens is 234 g/mol. The zero-order valence-electron chi connectivity index (χ0n) is 10.6. The van der Waals surface area contributed by atoms with Crippen molar-refractivity contribution in [2.45, 2.75) is 38.5 Å². The summed E-state index contributed by atoms with van der Waals surface area (Å²) in [5, 5.41) is 0. The Morgan fingerprint density at radius 3 is 3.06 bits per heavy atom. The molecule has 0 radical (unpaired) electrons. The summed E-state index contributed by atoms with van der Waals surface area (Å²) in [6, 6.07) is 0.440. The van der Waals surface area contributed by atoms with Crippen LogP contribution in [-0.4, -0.2) is 42.2 Å². The Balaban J connectivity index is 1.98. The van der Waals surface area contributed by atoms with Crippen molar-refractivity contribution in [2.75, 3.05) is 20.2 Å². The molecule has 0 spiro atoms. The second-order valence-electron chi connectivity index (χ2n) is 4.60. The van der Waals surface area contributed by atoms with Gasteiger partial charge in [0.15, 0.2) is 0 Å². The number of piperidine rings is 1. The predicted molar refractivity (Wildman–Crippen MR) is 70.1 cm³/mol. The van der Waals surface area contributed by atoms with Gasteiger partial charge in [0.05, 0.1) is 17.3 Å². The minimum Gasteiger partial charge on any atom is -0.381 e. The van der Waals surface area contributed by atoms with Gasteiger partial charge in [-0.15, -0.1) is 11.3 Å². The first-order valence-electron chi connectivity index (χ1n) is 6.10. The molecule has 17 heavy (non-hydrogen) atoms. The third kappa shape index (κ3) is 3.04. The first-order chi connectivity index (χ1) is 8.24. The minimum atomic E-state index is 0.377. The molecule has 0 saturated carbocycles. The quantitative estimate of drug-likeness (QED) is 0.883. The maximum absolute atomic E-state index is 5.87. The van der Waals surface area contributed by atoms with Crippen molar-refractivity contribution in [1.29, 1.82) is 0 Å². The fraction of sp³-hybridized carbons (Fsp3) is 0.750. The summed E-state index contributed by atoms with van der Waals surface area (Å²) in [6.45, 7) is 4.83. The highest BCUT2D eigenvalue weighted by Crippen LogP contribution is 2.23. The molecule has 4 nitrogen and oxygen atoms in total. The molecule has 2 unspecified atom stereocenters. The number of hydrogen-bond acceptors (Lipinski definition) is 5. The molecule has 1 aliphatic rings. The van der Waals surface area contributed by atoms with Crippen LogP contribution in [0.5, 0.6) is 0 Å². The third-order valence-electron chi connectivity index (χ3n) is 3.59. The summed E-state index contributed by atoms with van der Waals surface area (Å²) in [5.41, 5.74) is 8.94. The van der Waals surface area contributed by atoms with E-state index in [0.29, 0.717) is 18.7 Å². The Kier molecular flexibility index (Phi) is 4.50. The summed E-state index contributed by atoms with van der Waals surface area (Å²) < 4.78 is 5.44. The average Bonchev–Trinajstić information content (AvgIpc) is 2.75. The molecule has 1 saturated heterocycles. The van der Waals surface area contributed by atoms with Crippen molar-refractivity contribution in [1.82, 2.24) is 9.88 Å². The largest absolute Gasteiger partial charge is 0.381 e. The molecule has 2 atom stereocenters. The van der Waals surface area contributed by atoms with Crippen LogP contribution in [0, 0.1) is 6.92 Å². The lowest BCUT2D eigenvalue weighted by Crippen LogP contribution is -2.47. The van der Waals surface area contributed by atoms with E-state index in [1.807, 2.05) is 5.51 Å². The highest BCUT2D eigenvalue weighted by molar-refractivity contribution is 7.09. The monoisotopic (exact) mass is 255 g/mol. The van der Waals surface area contributed by atoms with Crippen LogP contribution in [0.4, 0.5) is 0 Å². The normalized spacial score (nSPS) is 26.3. The van der Waals surface area contributed by atoms with Gasteiger partial charge >= 0.3 is 0 Å². The van der Waals surface area contributed by atoms with Gasteiger partial charge in [-0.1, -0.05) is 0 Å². The van der Waals surface area contributed by atoms with Crippen LogP contribution < -0.4 is 5.73 Å². The molecule has 1 aliphatic heterocycles. The van der Waals surface area contributed by atoms with E-state index >= 15 is 0 Å². The minimum absolute atomic E-state index is 0.377. The number of hydrogen-bond donors (Lipinski definition) is 1. The Morgan fingerprint density at radius 2 is 2.47 bits per heavy atom. The van der Waals surface area contributed by atoms with Crippen molar-refractivity contribution in [2.24, 2.45) is 5.73 Å². The summed E-state index contributed by atoms with van der Waals surface area (Å²) in [5.74, 6) is 0. The predicted octanol–water partition coefficient (Wildman–Crippen LogP) is 1.39. The first-order valence-corrected chi connectivity index (χ1v) is 6.98. The lowest BCUT2D eigenvalue weighted by molar-refractivity contribution is 0.0105. The molecule has 0 aromatic carbocycles. The van der Waals surface area contributed by atoms with E-state index in [9.17, 15) is 0 Å². The molecular formula is C12H21N3OS. The molecule has 96 valence electrons. The van der Waals surface area contributed by atoms with Crippen molar-refractivity contribution >= 4 is 11.3 Å². The van der Waals surface area contributed by atoms with E-state index in [1.54, 1.807) is 18.4 Å². The van der Waals surface area contributed by atoms with Crippen LogP contribution in [0.3, 0.4) is 0 Å². The zero-order valence-corrected chi connectivity index (χ0v) is 11.4. The smallest absolute Gasteiger partial charge is 0.0798 e.